The highest BCUT2D eigenvalue weighted by atomic mass is 15.2. The van der Waals surface area contributed by atoms with Gasteiger partial charge in [0.05, 0.1) is 28.1 Å². The molecule has 0 fully saturated rings. The highest BCUT2D eigenvalue weighted by Gasteiger charge is 2.46. The minimum absolute atomic E-state index is 0.232. The van der Waals surface area contributed by atoms with Crippen LogP contribution < -0.4 is 26.2 Å². The first-order chi connectivity index (χ1) is 44.7. The molecule has 1 aromatic heterocycles. The average molecular weight is 1140 g/mol. The summed E-state index contributed by atoms with van der Waals surface area (Å²) in [6.45, 7) is -0.232. The molecule has 0 atom stereocenters. The Labute approximate surface area is 524 Å². The van der Waals surface area contributed by atoms with Gasteiger partial charge in [0, 0.05) is 61.2 Å². The standard InChI is InChI=1S/C86H56BN3/c1-7-25-57(26-8-1)66-46-49-78-76(52-66)87-77-53-67(58-27-9-2-10-28-58)47-50-79(77)90(85-72(61-33-15-5-16-34-61)43-24-44-73(85)62-35-17-6-18-36-62)82-56-68(88-80-54-65-39-20-19-38-64(65)51-75(80)74-48-45-63-37-21-22-40-69(63)86(74)88)55-81(83(82)87)89(78)84-70(59-29-11-3-12-30-59)41-23-42-71(84)60-31-13-4-14-32-60/h1-56H. The van der Waals surface area contributed by atoms with E-state index in [9.17, 15) is 0 Å². The van der Waals surface area contributed by atoms with Crippen LogP contribution in [0.2, 0.25) is 0 Å². The fraction of sp³-hybridized carbons (Fsp3) is 0. The molecule has 2 aliphatic rings. The summed E-state index contributed by atoms with van der Waals surface area (Å²) >= 11 is 0. The van der Waals surface area contributed by atoms with Crippen LogP contribution in [0.15, 0.2) is 340 Å². The topological polar surface area (TPSA) is 11.4 Å². The summed E-state index contributed by atoms with van der Waals surface area (Å²) in [6, 6.07) is 127. The van der Waals surface area contributed by atoms with Crippen molar-refractivity contribution in [2.75, 3.05) is 9.80 Å². The number of fused-ring (bicyclic) bond motifs is 10. The molecule has 0 saturated heterocycles. The lowest BCUT2D eigenvalue weighted by molar-refractivity contribution is 1.17. The van der Waals surface area contributed by atoms with E-state index in [2.05, 4.69) is 354 Å². The largest absolute Gasteiger partial charge is 0.310 e. The van der Waals surface area contributed by atoms with Gasteiger partial charge in [0.15, 0.2) is 0 Å². The molecule has 0 amide bonds. The highest BCUT2D eigenvalue weighted by molar-refractivity contribution is 7.00. The first kappa shape index (κ1) is 51.5. The van der Waals surface area contributed by atoms with Crippen LogP contribution in [0.3, 0.4) is 0 Å². The van der Waals surface area contributed by atoms with Crippen molar-refractivity contribution in [3.8, 4) is 72.4 Å². The molecule has 3 nitrogen and oxygen atoms in total. The number of benzene rings is 15. The second-order valence-electron chi connectivity index (χ2n) is 23.9. The minimum atomic E-state index is -0.232. The first-order valence-electron chi connectivity index (χ1n) is 31.2. The molecule has 0 N–H and O–H groups in total. The van der Waals surface area contributed by atoms with Crippen LogP contribution in [-0.2, 0) is 0 Å². The van der Waals surface area contributed by atoms with Crippen molar-refractivity contribution in [2.45, 2.75) is 0 Å². The lowest BCUT2D eigenvalue weighted by Gasteiger charge is -2.46. The van der Waals surface area contributed by atoms with Crippen LogP contribution in [0, 0.1) is 0 Å². The first-order valence-corrected chi connectivity index (χ1v) is 31.2. The molecule has 16 aromatic rings. The van der Waals surface area contributed by atoms with Crippen molar-refractivity contribution in [3.63, 3.8) is 0 Å². The number of hydrogen-bond acceptors (Lipinski definition) is 2. The van der Waals surface area contributed by atoms with Gasteiger partial charge in [0.2, 0.25) is 0 Å². The van der Waals surface area contributed by atoms with Gasteiger partial charge >= 0.3 is 0 Å². The van der Waals surface area contributed by atoms with Gasteiger partial charge < -0.3 is 14.4 Å². The van der Waals surface area contributed by atoms with Gasteiger partial charge in [0.25, 0.3) is 6.71 Å². The molecule has 0 unspecified atom stereocenters. The Morgan fingerprint density at radius 3 is 1.07 bits per heavy atom. The van der Waals surface area contributed by atoms with Crippen LogP contribution in [-0.4, -0.2) is 11.3 Å². The average Bonchev–Trinajstić information content (AvgIpc) is 0.987. The van der Waals surface area contributed by atoms with Crippen LogP contribution in [0.25, 0.3) is 116 Å². The molecule has 418 valence electrons. The van der Waals surface area contributed by atoms with Gasteiger partial charge in [-0.05, 0) is 113 Å². The van der Waals surface area contributed by atoms with Crippen LogP contribution in [0.4, 0.5) is 34.1 Å². The molecule has 0 saturated carbocycles. The number of hydrogen-bond donors (Lipinski definition) is 0. The van der Waals surface area contributed by atoms with Gasteiger partial charge in [0.1, 0.15) is 0 Å². The zero-order valence-corrected chi connectivity index (χ0v) is 49.3. The zero-order valence-electron chi connectivity index (χ0n) is 49.3. The quantitative estimate of drug-likeness (QED) is 0.133. The summed E-state index contributed by atoms with van der Waals surface area (Å²) in [5.41, 5.74) is 27.6. The number of para-hydroxylation sites is 2. The number of rotatable bonds is 9. The third-order valence-corrected chi connectivity index (χ3v) is 18.9. The molecule has 15 aromatic carbocycles. The predicted octanol–water partition coefficient (Wildman–Crippen LogP) is 21.2. The number of anilines is 6. The van der Waals surface area contributed by atoms with E-state index in [-0.39, 0.29) is 6.71 Å². The van der Waals surface area contributed by atoms with Crippen molar-refractivity contribution >= 4 is 101 Å². The molecule has 0 bridgehead atoms. The summed E-state index contributed by atoms with van der Waals surface area (Å²) in [7, 11) is 0. The Morgan fingerprint density at radius 1 is 0.233 bits per heavy atom. The molecule has 18 rings (SSSR count). The lowest BCUT2D eigenvalue weighted by atomic mass is 9.33. The lowest BCUT2D eigenvalue weighted by Crippen LogP contribution is -2.61. The Kier molecular flexibility index (Phi) is 12.0. The van der Waals surface area contributed by atoms with Crippen LogP contribution >= 0.6 is 0 Å². The monoisotopic (exact) mass is 1140 g/mol. The van der Waals surface area contributed by atoms with E-state index in [1.807, 2.05) is 0 Å². The third kappa shape index (κ3) is 8.22. The Balaban J connectivity index is 1.06. The van der Waals surface area contributed by atoms with Crippen molar-refractivity contribution in [3.05, 3.63) is 340 Å². The van der Waals surface area contributed by atoms with Gasteiger partial charge in [-0.25, -0.2) is 0 Å². The fourth-order valence-electron chi connectivity index (χ4n) is 14.9. The molecule has 0 aliphatic carbocycles. The maximum Gasteiger partial charge on any atom is 0.252 e. The Bertz CT molecular complexity index is 5110. The summed E-state index contributed by atoms with van der Waals surface area (Å²) < 4.78 is 2.60. The summed E-state index contributed by atoms with van der Waals surface area (Å²) in [6.07, 6.45) is 0. The molecule has 2 aliphatic heterocycles. The smallest absolute Gasteiger partial charge is 0.252 e. The second kappa shape index (κ2) is 21.0. The SMILES string of the molecule is c1ccc(-c2ccc3c(c2)B2c4cc(-c5ccccc5)ccc4N(c4c(-c5ccccc5)cccc4-c4ccccc4)c4cc(-n5c6cc7ccccc7cc6c6ccc7ccccc7c65)cc(c42)N3c2c(-c3ccccc3)cccc2-c2ccccc2)cc1. The molecule has 3 heterocycles. The van der Waals surface area contributed by atoms with E-state index in [1.165, 1.54) is 76.5 Å². The van der Waals surface area contributed by atoms with E-state index in [1.54, 1.807) is 0 Å². The molecule has 90 heavy (non-hydrogen) atoms. The van der Waals surface area contributed by atoms with Crippen molar-refractivity contribution in [1.82, 2.24) is 4.57 Å². The predicted molar refractivity (Wildman–Crippen MR) is 382 cm³/mol. The van der Waals surface area contributed by atoms with Gasteiger partial charge in [-0.2, -0.15) is 0 Å². The van der Waals surface area contributed by atoms with Crippen LogP contribution in [0.1, 0.15) is 0 Å². The van der Waals surface area contributed by atoms with Gasteiger partial charge in [-0.15, -0.1) is 0 Å². The van der Waals surface area contributed by atoms with E-state index < -0.39 is 0 Å². The van der Waals surface area contributed by atoms with Crippen LogP contribution in [0.5, 0.6) is 0 Å². The number of aromatic nitrogens is 1. The molecular formula is C86H56BN3. The Morgan fingerprint density at radius 2 is 0.622 bits per heavy atom. The summed E-state index contributed by atoms with van der Waals surface area (Å²) in [5.74, 6) is 0. The minimum Gasteiger partial charge on any atom is -0.310 e. The maximum atomic E-state index is 2.67. The van der Waals surface area contributed by atoms with E-state index >= 15 is 0 Å². The van der Waals surface area contributed by atoms with Gasteiger partial charge in [-0.1, -0.05) is 303 Å². The van der Waals surface area contributed by atoms with E-state index in [0.717, 1.165) is 89.8 Å². The summed E-state index contributed by atoms with van der Waals surface area (Å²) in [4.78, 5) is 5.33. The summed E-state index contributed by atoms with van der Waals surface area (Å²) in [5, 5.41) is 7.24. The fourth-order valence-corrected chi connectivity index (χ4v) is 14.9. The molecular weight excluding hydrogens is 1090 g/mol. The van der Waals surface area contributed by atoms with Crippen molar-refractivity contribution in [2.24, 2.45) is 0 Å². The third-order valence-electron chi connectivity index (χ3n) is 18.9. The van der Waals surface area contributed by atoms with Crippen molar-refractivity contribution < 1.29 is 0 Å². The molecule has 0 radical (unpaired) electrons. The normalized spacial score (nSPS) is 12.4. The van der Waals surface area contributed by atoms with E-state index in [4.69, 9.17) is 0 Å². The molecule has 0 spiro atoms. The molecule has 4 heteroatoms. The number of nitrogens with zero attached hydrogens (tertiary/aromatic N) is 3. The zero-order chi connectivity index (χ0) is 59.2. The van der Waals surface area contributed by atoms with Gasteiger partial charge in [-0.3, -0.25) is 0 Å². The Hall–Kier alpha value is -11.7. The second-order valence-corrected chi connectivity index (χ2v) is 23.9. The highest BCUT2D eigenvalue weighted by Crippen LogP contribution is 2.54. The maximum absolute atomic E-state index is 2.67. The van der Waals surface area contributed by atoms with Crippen molar-refractivity contribution in [1.29, 1.82) is 0 Å². The van der Waals surface area contributed by atoms with E-state index in [0.29, 0.717) is 0 Å².